The molecule has 0 aliphatic heterocycles. The number of hydrogen-bond acceptors (Lipinski definition) is 4. The van der Waals surface area contributed by atoms with Crippen molar-refractivity contribution in [3.8, 4) is 0 Å². The maximum absolute atomic E-state index is 14.1. The number of halogens is 4. The highest BCUT2D eigenvalue weighted by molar-refractivity contribution is 7.92. The summed E-state index contributed by atoms with van der Waals surface area (Å²) in [6, 6.07) is 17.8. The van der Waals surface area contributed by atoms with Gasteiger partial charge >= 0.3 is 0 Å². The predicted molar refractivity (Wildman–Crippen MR) is 167 cm³/mol. The van der Waals surface area contributed by atoms with Crippen LogP contribution in [-0.4, -0.2) is 49.5 Å². The fraction of sp³-hybridized carbons (Fsp3) is 0.310. The number of benzene rings is 3. The first-order valence-electron chi connectivity index (χ1n) is 12.6. The first-order valence-corrected chi connectivity index (χ1v) is 15.9. The first kappa shape index (κ1) is 33.0. The monoisotopic (exact) mass is 657 g/mol. The van der Waals surface area contributed by atoms with E-state index in [9.17, 15) is 18.0 Å². The van der Waals surface area contributed by atoms with Gasteiger partial charge in [0.25, 0.3) is 0 Å². The quantitative estimate of drug-likeness (QED) is 0.248. The average Bonchev–Trinajstić information content (AvgIpc) is 2.86. The van der Waals surface area contributed by atoms with Crippen molar-refractivity contribution in [1.82, 2.24) is 10.2 Å². The molecule has 2 amide bonds. The SMILES string of the molecule is CC(C)(C)NC(=O)[C@@H](Cc1ccccc1)N(Cc1cccc(Cl)c1)C(=O)CN(c1cc(Cl)c(Cl)cc1Cl)S(C)(=O)=O. The van der Waals surface area contributed by atoms with E-state index < -0.39 is 40.0 Å². The second kappa shape index (κ2) is 13.7. The van der Waals surface area contributed by atoms with Gasteiger partial charge in [-0.15, -0.1) is 0 Å². The highest BCUT2D eigenvalue weighted by atomic mass is 35.5. The highest BCUT2D eigenvalue weighted by Crippen LogP contribution is 2.35. The van der Waals surface area contributed by atoms with Gasteiger partial charge < -0.3 is 10.2 Å². The third-order valence-electron chi connectivity index (χ3n) is 5.95. The van der Waals surface area contributed by atoms with Crippen LogP contribution in [0.3, 0.4) is 0 Å². The zero-order valence-electron chi connectivity index (χ0n) is 23.0. The smallest absolute Gasteiger partial charge is 0.244 e. The Bertz CT molecular complexity index is 1510. The molecule has 3 aromatic carbocycles. The van der Waals surface area contributed by atoms with Crippen molar-refractivity contribution in [3.05, 3.63) is 97.9 Å². The molecule has 0 unspecified atom stereocenters. The third kappa shape index (κ3) is 9.51. The van der Waals surface area contributed by atoms with Crippen LogP contribution in [0.1, 0.15) is 31.9 Å². The fourth-order valence-corrected chi connectivity index (χ4v) is 5.90. The molecule has 0 radical (unpaired) electrons. The summed E-state index contributed by atoms with van der Waals surface area (Å²) in [6.45, 7) is 4.86. The first-order chi connectivity index (χ1) is 19.0. The molecule has 0 fully saturated rings. The number of anilines is 1. The van der Waals surface area contributed by atoms with Gasteiger partial charge in [0.05, 0.1) is 27.0 Å². The Morgan fingerprint density at radius 3 is 2.05 bits per heavy atom. The van der Waals surface area contributed by atoms with Crippen LogP contribution in [0.4, 0.5) is 5.69 Å². The van der Waals surface area contributed by atoms with E-state index >= 15 is 0 Å². The molecule has 0 heterocycles. The van der Waals surface area contributed by atoms with E-state index in [2.05, 4.69) is 5.32 Å². The zero-order chi connectivity index (χ0) is 30.5. The van der Waals surface area contributed by atoms with Gasteiger partial charge in [-0.2, -0.15) is 0 Å². The van der Waals surface area contributed by atoms with E-state index in [1.54, 1.807) is 24.3 Å². The molecule has 12 heteroatoms. The Hall–Kier alpha value is -2.49. The van der Waals surface area contributed by atoms with Crippen LogP contribution in [0.25, 0.3) is 0 Å². The molecule has 0 saturated carbocycles. The molecule has 220 valence electrons. The summed E-state index contributed by atoms with van der Waals surface area (Å²) in [7, 11) is -4.03. The second-order valence-electron chi connectivity index (χ2n) is 10.6. The summed E-state index contributed by atoms with van der Waals surface area (Å²) >= 11 is 24.8. The Morgan fingerprint density at radius 1 is 0.854 bits per heavy atom. The number of sulfonamides is 1. The summed E-state index contributed by atoms with van der Waals surface area (Å²) in [4.78, 5) is 29.2. The number of rotatable bonds is 10. The van der Waals surface area contributed by atoms with Gasteiger partial charge in [-0.3, -0.25) is 13.9 Å². The molecular formula is C29H31Cl4N3O4S. The maximum Gasteiger partial charge on any atom is 0.244 e. The summed E-state index contributed by atoms with van der Waals surface area (Å²) in [5.74, 6) is -1.03. The molecular weight excluding hydrogens is 628 g/mol. The number of carbonyl (C=O) groups is 2. The van der Waals surface area contributed by atoms with E-state index in [-0.39, 0.29) is 33.7 Å². The van der Waals surface area contributed by atoms with Gasteiger partial charge in [0.1, 0.15) is 12.6 Å². The summed E-state index contributed by atoms with van der Waals surface area (Å²) in [6.07, 6.45) is 1.13. The lowest BCUT2D eigenvalue weighted by Crippen LogP contribution is -2.56. The number of carbonyl (C=O) groups excluding carboxylic acids is 2. The Balaban J connectivity index is 2.12. The number of nitrogens with zero attached hydrogens (tertiary/aromatic N) is 2. The van der Waals surface area contributed by atoms with Crippen molar-refractivity contribution < 1.29 is 18.0 Å². The molecule has 0 aliphatic rings. The normalized spacial score (nSPS) is 12.5. The van der Waals surface area contributed by atoms with Crippen LogP contribution >= 0.6 is 46.4 Å². The minimum absolute atomic E-state index is 0.00896. The van der Waals surface area contributed by atoms with Crippen LogP contribution in [0.15, 0.2) is 66.7 Å². The molecule has 7 nitrogen and oxygen atoms in total. The lowest BCUT2D eigenvalue weighted by Gasteiger charge is -2.35. The van der Waals surface area contributed by atoms with Crippen LogP contribution in [0, 0.1) is 0 Å². The molecule has 0 saturated heterocycles. The van der Waals surface area contributed by atoms with Crippen molar-refractivity contribution in [3.63, 3.8) is 0 Å². The summed E-state index contributed by atoms with van der Waals surface area (Å²) in [5, 5.41) is 3.60. The molecule has 1 N–H and O–H groups in total. The van der Waals surface area contributed by atoms with Gasteiger partial charge in [-0.25, -0.2) is 8.42 Å². The topological polar surface area (TPSA) is 86.8 Å². The lowest BCUT2D eigenvalue weighted by molar-refractivity contribution is -0.140. The molecule has 41 heavy (non-hydrogen) atoms. The molecule has 0 spiro atoms. The van der Waals surface area contributed by atoms with Crippen molar-refractivity contribution in [2.45, 2.75) is 45.3 Å². The standard InChI is InChI=1S/C29H31Cl4N3O4S/c1-29(2,3)34-28(38)26(14-19-9-6-5-7-10-19)35(17-20-11-8-12-21(30)13-20)27(37)18-36(41(4,39)40)25-16-23(32)22(31)15-24(25)33/h5-13,15-16,26H,14,17-18H2,1-4H3,(H,34,38)/t26-/m1/s1. The molecule has 0 bridgehead atoms. The zero-order valence-corrected chi connectivity index (χ0v) is 26.8. The van der Waals surface area contributed by atoms with Gasteiger partial charge in [-0.1, -0.05) is 88.9 Å². The molecule has 3 rings (SSSR count). The number of hydrogen-bond donors (Lipinski definition) is 1. The molecule has 0 aliphatic carbocycles. The van der Waals surface area contributed by atoms with Gasteiger partial charge in [0.15, 0.2) is 0 Å². The van der Waals surface area contributed by atoms with Crippen molar-refractivity contribution in [2.75, 3.05) is 17.1 Å². The Morgan fingerprint density at radius 2 is 1.46 bits per heavy atom. The third-order valence-corrected chi connectivity index (χ3v) is 8.34. The van der Waals surface area contributed by atoms with Crippen molar-refractivity contribution >= 4 is 73.9 Å². The number of amides is 2. The van der Waals surface area contributed by atoms with Crippen LogP contribution in [0.2, 0.25) is 20.1 Å². The van der Waals surface area contributed by atoms with Crippen molar-refractivity contribution in [2.24, 2.45) is 0 Å². The van der Waals surface area contributed by atoms with Crippen molar-refractivity contribution in [1.29, 1.82) is 0 Å². The average molecular weight is 659 g/mol. The van der Waals surface area contributed by atoms with E-state index in [1.165, 1.54) is 17.0 Å². The Labute approximate surface area is 261 Å². The molecule has 0 aromatic heterocycles. The van der Waals surface area contributed by atoms with Crippen LogP contribution < -0.4 is 9.62 Å². The maximum atomic E-state index is 14.1. The van der Waals surface area contributed by atoms with Gasteiger partial charge in [0.2, 0.25) is 21.8 Å². The summed E-state index contributed by atoms with van der Waals surface area (Å²) < 4.78 is 26.7. The van der Waals surface area contributed by atoms with Crippen LogP contribution in [-0.2, 0) is 32.6 Å². The summed E-state index contributed by atoms with van der Waals surface area (Å²) in [5.41, 5.74) is 0.866. The number of nitrogens with one attached hydrogen (secondary N) is 1. The second-order valence-corrected chi connectivity index (χ2v) is 14.1. The predicted octanol–water partition coefficient (Wildman–Crippen LogP) is 6.62. The minimum atomic E-state index is -4.03. The molecule has 1 atom stereocenters. The Kier molecular flexibility index (Phi) is 11.0. The molecule has 3 aromatic rings. The minimum Gasteiger partial charge on any atom is -0.350 e. The van der Waals surface area contributed by atoms with Gasteiger partial charge in [-0.05, 0) is 56.2 Å². The lowest BCUT2D eigenvalue weighted by atomic mass is 10.0. The largest absolute Gasteiger partial charge is 0.350 e. The van der Waals surface area contributed by atoms with E-state index in [1.807, 2.05) is 51.1 Å². The van der Waals surface area contributed by atoms with Gasteiger partial charge in [0, 0.05) is 23.5 Å². The van der Waals surface area contributed by atoms with E-state index in [0.29, 0.717) is 10.6 Å². The fourth-order valence-electron chi connectivity index (χ4n) is 4.14. The highest BCUT2D eigenvalue weighted by Gasteiger charge is 2.35. The van der Waals surface area contributed by atoms with E-state index in [4.69, 9.17) is 46.4 Å². The van der Waals surface area contributed by atoms with E-state index in [0.717, 1.165) is 16.1 Å². The van der Waals surface area contributed by atoms with Crippen LogP contribution in [0.5, 0.6) is 0 Å².